The molecular weight excluding hydrogens is 474 g/mol. The van der Waals surface area contributed by atoms with Gasteiger partial charge in [0.2, 0.25) is 0 Å². The van der Waals surface area contributed by atoms with E-state index in [-0.39, 0.29) is 17.9 Å². The number of nitro groups is 1. The van der Waals surface area contributed by atoms with Gasteiger partial charge in [-0.05, 0) is 61.6 Å². The molecule has 3 aromatic rings. The molecule has 8 nitrogen and oxygen atoms in total. The molecule has 10 heteroatoms. The molecule has 2 aromatic carbocycles. The summed E-state index contributed by atoms with van der Waals surface area (Å²) < 4.78 is 7.24. The summed E-state index contributed by atoms with van der Waals surface area (Å²) in [6.45, 7) is 3.68. The van der Waals surface area contributed by atoms with Gasteiger partial charge in [-0.3, -0.25) is 19.5 Å². The Morgan fingerprint density at radius 3 is 2.50 bits per heavy atom. The van der Waals surface area contributed by atoms with Crippen LogP contribution in [0.4, 0.5) is 5.69 Å². The highest BCUT2D eigenvalue weighted by Crippen LogP contribution is 2.31. The van der Waals surface area contributed by atoms with Crippen molar-refractivity contribution in [2.45, 2.75) is 24.8 Å². The smallest absolute Gasteiger partial charge is 0.338 e. The molecule has 1 atom stereocenters. The van der Waals surface area contributed by atoms with E-state index in [0.717, 1.165) is 10.5 Å². The van der Waals surface area contributed by atoms with Crippen LogP contribution in [0.1, 0.15) is 31.0 Å². The molecule has 0 saturated carbocycles. The zero-order chi connectivity index (χ0) is 24.4. The number of carbonyl (C=O) groups excluding carboxylic acids is 1. The van der Waals surface area contributed by atoms with E-state index in [9.17, 15) is 19.7 Å². The van der Waals surface area contributed by atoms with Gasteiger partial charge in [-0.1, -0.05) is 23.5 Å². The van der Waals surface area contributed by atoms with Gasteiger partial charge in [0.25, 0.3) is 11.2 Å². The number of rotatable bonds is 6. The first kappa shape index (κ1) is 23.7. The number of esters is 1. The van der Waals surface area contributed by atoms with Crippen LogP contribution in [-0.4, -0.2) is 28.3 Å². The molecule has 34 heavy (non-hydrogen) atoms. The Kier molecular flexibility index (Phi) is 6.80. The number of aromatic nitrogens is 1. The Balaban J connectivity index is 1.90. The summed E-state index contributed by atoms with van der Waals surface area (Å²) in [5.41, 5.74) is 1.93. The second-order valence-corrected chi connectivity index (χ2v) is 9.31. The van der Waals surface area contributed by atoms with Crippen molar-refractivity contribution in [3.8, 4) is 0 Å². The number of nitrogens with zero attached hydrogens (tertiary/aromatic N) is 3. The lowest BCUT2D eigenvalue weighted by Gasteiger charge is -2.24. The monoisotopic (exact) mass is 495 g/mol. The van der Waals surface area contributed by atoms with Gasteiger partial charge in [0, 0.05) is 17.0 Å². The minimum absolute atomic E-state index is 0.0259. The van der Waals surface area contributed by atoms with Gasteiger partial charge in [0.15, 0.2) is 4.80 Å². The average Bonchev–Trinajstić information content (AvgIpc) is 3.13. The maximum absolute atomic E-state index is 13.5. The Bertz CT molecular complexity index is 1470. The van der Waals surface area contributed by atoms with Crippen molar-refractivity contribution >= 4 is 40.8 Å². The SMILES string of the molecule is CCOC(=O)C1=C(C)N=c2sc(=Cc3ccc([N+](=O)[O-])cc3)c(=O)n2C1c1ccc(SC)cc1. The first-order valence-electron chi connectivity index (χ1n) is 10.4. The van der Waals surface area contributed by atoms with E-state index in [1.807, 2.05) is 30.5 Å². The molecular formula is C24H21N3O5S2. The summed E-state index contributed by atoms with van der Waals surface area (Å²) in [5.74, 6) is -0.507. The van der Waals surface area contributed by atoms with Gasteiger partial charge < -0.3 is 4.74 Å². The van der Waals surface area contributed by atoms with Gasteiger partial charge in [0.1, 0.15) is 0 Å². The van der Waals surface area contributed by atoms with Crippen LogP contribution in [0.3, 0.4) is 0 Å². The number of non-ortho nitro benzene ring substituents is 1. The Morgan fingerprint density at radius 1 is 1.24 bits per heavy atom. The zero-order valence-electron chi connectivity index (χ0n) is 18.7. The standard InChI is InChI=1S/C24H21N3O5S2/c1-4-32-23(29)20-14(2)25-24-26(21(20)16-7-11-18(33-3)12-8-16)22(28)19(34-24)13-15-5-9-17(10-6-15)27(30)31/h5-13,21H,4H2,1-3H3. The first-order valence-corrected chi connectivity index (χ1v) is 12.5. The van der Waals surface area contributed by atoms with E-state index in [1.54, 1.807) is 43.8 Å². The molecule has 0 saturated heterocycles. The number of nitro benzene ring substituents is 1. The highest BCUT2D eigenvalue weighted by molar-refractivity contribution is 7.98. The minimum atomic E-state index is -0.676. The number of allylic oxidation sites excluding steroid dienone is 1. The fraction of sp³-hybridized carbons (Fsp3) is 0.208. The van der Waals surface area contributed by atoms with Crippen LogP contribution in [0.15, 0.2) is 74.5 Å². The van der Waals surface area contributed by atoms with Crippen LogP contribution in [0.5, 0.6) is 0 Å². The van der Waals surface area contributed by atoms with Gasteiger partial charge in [-0.25, -0.2) is 9.79 Å². The van der Waals surface area contributed by atoms with E-state index in [2.05, 4.69) is 4.99 Å². The summed E-state index contributed by atoms with van der Waals surface area (Å²) in [5, 5.41) is 10.9. The Hall–Kier alpha value is -3.50. The normalized spacial score (nSPS) is 15.6. The number of hydrogen-bond donors (Lipinski definition) is 0. The van der Waals surface area contributed by atoms with Crippen molar-refractivity contribution in [1.82, 2.24) is 4.57 Å². The van der Waals surface area contributed by atoms with Gasteiger partial charge in [0.05, 0.1) is 33.4 Å². The molecule has 0 N–H and O–H groups in total. The summed E-state index contributed by atoms with van der Waals surface area (Å²) in [7, 11) is 0. The number of carbonyl (C=O) groups is 1. The van der Waals surface area contributed by atoms with E-state index < -0.39 is 16.9 Å². The van der Waals surface area contributed by atoms with Crippen molar-refractivity contribution in [3.05, 3.63) is 101 Å². The number of thiazole rings is 1. The molecule has 2 heterocycles. The molecule has 0 radical (unpaired) electrons. The lowest BCUT2D eigenvalue weighted by Crippen LogP contribution is -2.39. The second-order valence-electron chi connectivity index (χ2n) is 7.42. The van der Waals surface area contributed by atoms with Crippen LogP contribution >= 0.6 is 23.1 Å². The predicted molar refractivity (Wildman–Crippen MR) is 132 cm³/mol. The molecule has 1 aliphatic heterocycles. The zero-order valence-corrected chi connectivity index (χ0v) is 20.3. The minimum Gasteiger partial charge on any atom is -0.463 e. The third kappa shape index (κ3) is 4.46. The van der Waals surface area contributed by atoms with Crippen LogP contribution < -0.4 is 14.9 Å². The Labute approximate surface area is 203 Å². The lowest BCUT2D eigenvalue weighted by atomic mass is 9.96. The fourth-order valence-corrected chi connectivity index (χ4v) is 5.19. The van der Waals surface area contributed by atoms with Crippen molar-refractivity contribution in [2.24, 2.45) is 4.99 Å². The average molecular weight is 496 g/mol. The van der Waals surface area contributed by atoms with Crippen LogP contribution in [0.2, 0.25) is 0 Å². The maximum Gasteiger partial charge on any atom is 0.338 e. The quantitative estimate of drug-likeness (QED) is 0.225. The molecule has 0 amide bonds. The maximum atomic E-state index is 13.5. The number of fused-ring (bicyclic) bond motifs is 1. The predicted octanol–water partition coefficient (Wildman–Crippen LogP) is 3.43. The van der Waals surface area contributed by atoms with Gasteiger partial charge in [-0.2, -0.15) is 0 Å². The summed E-state index contributed by atoms with van der Waals surface area (Å²) in [4.78, 5) is 43.0. The highest BCUT2D eigenvalue weighted by atomic mass is 32.2. The topological polar surface area (TPSA) is 104 Å². The lowest BCUT2D eigenvalue weighted by molar-refractivity contribution is -0.384. The molecule has 0 fully saturated rings. The van der Waals surface area contributed by atoms with Crippen LogP contribution in [0, 0.1) is 10.1 Å². The number of thioether (sulfide) groups is 1. The third-order valence-electron chi connectivity index (χ3n) is 5.35. The molecule has 1 aliphatic rings. The number of benzene rings is 2. The molecule has 0 spiro atoms. The third-order valence-corrected chi connectivity index (χ3v) is 7.08. The molecule has 174 valence electrons. The van der Waals surface area contributed by atoms with Crippen molar-refractivity contribution < 1.29 is 14.5 Å². The van der Waals surface area contributed by atoms with Crippen molar-refractivity contribution in [1.29, 1.82) is 0 Å². The Morgan fingerprint density at radius 2 is 1.91 bits per heavy atom. The molecule has 4 rings (SSSR count). The second kappa shape index (κ2) is 9.78. The fourth-order valence-electron chi connectivity index (χ4n) is 3.74. The molecule has 1 unspecified atom stereocenters. The van der Waals surface area contributed by atoms with E-state index in [4.69, 9.17) is 4.74 Å². The molecule has 0 aliphatic carbocycles. The van der Waals surface area contributed by atoms with Crippen LogP contribution in [-0.2, 0) is 9.53 Å². The summed E-state index contributed by atoms with van der Waals surface area (Å²) >= 11 is 2.81. The van der Waals surface area contributed by atoms with Gasteiger partial charge in [-0.15, -0.1) is 11.8 Å². The molecule has 0 bridgehead atoms. The van der Waals surface area contributed by atoms with Crippen molar-refractivity contribution in [3.63, 3.8) is 0 Å². The van der Waals surface area contributed by atoms with Crippen molar-refractivity contribution in [2.75, 3.05) is 12.9 Å². The highest BCUT2D eigenvalue weighted by Gasteiger charge is 2.33. The van der Waals surface area contributed by atoms with Gasteiger partial charge >= 0.3 is 5.97 Å². The molecule has 1 aromatic heterocycles. The first-order chi connectivity index (χ1) is 16.3. The van der Waals surface area contributed by atoms with E-state index in [1.165, 1.54) is 28.0 Å². The number of ether oxygens (including phenoxy) is 1. The van der Waals surface area contributed by atoms with E-state index >= 15 is 0 Å². The largest absolute Gasteiger partial charge is 0.463 e. The summed E-state index contributed by atoms with van der Waals surface area (Å²) in [6.07, 6.45) is 3.65. The number of hydrogen-bond acceptors (Lipinski definition) is 8. The van der Waals surface area contributed by atoms with Crippen LogP contribution in [0.25, 0.3) is 6.08 Å². The van der Waals surface area contributed by atoms with E-state index in [0.29, 0.717) is 26.2 Å². The summed E-state index contributed by atoms with van der Waals surface area (Å²) in [6, 6.07) is 13.0.